The highest BCUT2D eigenvalue weighted by Gasteiger charge is 2.23. The summed E-state index contributed by atoms with van der Waals surface area (Å²) < 4.78 is 11.6. The van der Waals surface area contributed by atoms with Gasteiger partial charge in [-0.3, -0.25) is 0 Å². The Kier molecular flexibility index (Phi) is 8.95. The van der Waals surface area contributed by atoms with Crippen molar-refractivity contribution in [2.45, 2.75) is 57.8 Å². The number of methoxy groups -OCH3 is 1. The molecule has 0 aromatic heterocycles. The molecule has 1 heterocycles. The van der Waals surface area contributed by atoms with E-state index in [0.29, 0.717) is 19.2 Å². The van der Waals surface area contributed by atoms with Gasteiger partial charge in [0, 0.05) is 19.6 Å². The van der Waals surface area contributed by atoms with E-state index in [1.807, 2.05) is 18.2 Å². The predicted molar refractivity (Wildman–Crippen MR) is 118 cm³/mol. The Morgan fingerprint density at radius 2 is 2.04 bits per heavy atom. The Morgan fingerprint density at radius 3 is 2.67 bits per heavy atom. The minimum Gasteiger partial charge on any atom is -0.493 e. The molecular formula is C20H32IN3O3. The number of guanidine groups is 1. The quantitative estimate of drug-likeness (QED) is 0.365. The molecule has 0 unspecified atom stereocenters. The third-order valence-electron chi connectivity index (χ3n) is 5.03. The van der Waals surface area contributed by atoms with Crippen LogP contribution in [0.3, 0.4) is 0 Å². The van der Waals surface area contributed by atoms with Crippen molar-refractivity contribution in [1.29, 1.82) is 0 Å². The summed E-state index contributed by atoms with van der Waals surface area (Å²) in [5.41, 5.74) is 1.09. The van der Waals surface area contributed by atoms with E-state index in [9.17, 15) is 5.11 Å². The molecule has 2 aliphatic rings. The first-order valence-corrected chi connectivity index (χ1v) is 9.74. The summed E-state index contributed by atoms with van der Waals surface area (Å²) in [5, 5.41) is 13.1. The highest BCUT2D eigenvalue weighted by Crippen LogP contribution is 2.32. The molecule has 3 rings (SSSR count). The van der Waals surface area contributed by atoms with Gasteiger partial charge >= 0.3 is 0 Å². The number of aliphatic hydroxyl groups is 1. The minimum atomic E-state index is -0.258. The zero-order valence-electron chi connectivity index (χ0n) is 16.3. The first-order chi connectivity index (χ1) is 12.7. The Labute approximate surface area is 179 Å². The van der Waals surface area contributed by atoms with E-state index < -0.39 is 0 Å². The Bertz CT molecular complexity index is 620. The lowest BCUT2D eigenvalue weighted by Gasteiger charge is -2.21. The number of nitrogens with zero attached hydrogens (tertiary/aromatic N) is 2. The van der Waals surface area contributed by atoms with Gasteiger partial charge in [0.15, 0.2) is 17.5 Å². The number of hydrogen-bond donors (Lipinski definition) is 2. The second kappa shape index (κ2) is 10.9. The van der Waals surface area contributed by atoms with Crippen LogP contribution in [0.25, 0.3) is 0 Å². The van der Waals surface area contributed by atoms with Crippen molar-refractivity contribution < 1.29 is 14.6 Å². The molecule has 1 atom stereocenters. The summed E-state index contributed by atoms with van der Waals surface area (Å²) in [6, 6.07) is 6.04. The van der Waals surface area contributed by atoms with Crippen LogP contribution in [0.5, 0.6) is 11.5 Å². The topological polar surface area (TPSA) is 66.3 Å². The highest BCUT2D eigenvalue weighted by atomic mass is 127. The van der Waals surface area contributed by atoms with Gasteiger partial charge in [-0.25, -0.2) is 4.99 Å². The maximum absolute atomic E-state index is 9.78. The van der Waals surface area contributed by atoms with Gasteiger partial charge in [-0.15, -0.1) is 24.0 Å². The fourth-order valence-electron chi connectivity index (χ4n) is 3.62. The second-order valence-electron chi connectivity index (χ2n) is 7.07. The molecule has 1 aliphatic heterocycles. The van der Waals surface area contributed by atoms with Gasteiger partial charge in [-0.2, -0.15) is 0 Å². The van der Waals surface area contributed by atoms with E-state index in [4.69, 9.17) is 14.5 Å². The molecule has 27 heavy (non-hydrogen) atoms. The van der Waals surface area contributed by atoms with Crippen molar-refractivity contribution in [3.63, 3.8) is 0 Å². The van der Waals surface area contributed by atoms with Gasteiger partial charge in [0.05, 0.1) is 25.9 Å². The van der Waals surface area contributed by atoms with Crippen LogP contribution >= 0.6 is 24.0 Å². The molecule has 0 bridgehead atoms. The van der Waals surface area contributed by atoms with Gasteiger partial charge in [0.1, 0.15) is 0 Å². The van der Waals surface area contributed by atoms with Crippen LogP contribution in [0.4, 0.5) is 0 Å². The Hall–Kier alpha value is -1.22. The SMILES string of the molecule is CCNC(=NCc1ccc(OC)c(OC2CCCC2)c1)N1CC[C@@H](O)C1.I. The van der Waals surface area contributed by atoms with E-state index >= 15 is 0 Å². The lowest BCUT2D eigenvalue weighted by Crippen LogP contribution is -2.40. The minimum absolute atomic E-state index is 0. The molecule has 1 aromatic carbocycles. The molecular weight excluding hydrogens is 457 g/mol. The summed E-state index contributed by atoms with van der Waals surface area (Å²) >= 11 is 0. The zero-order valence-corrected chi connectivity index (χ0v) is 18.6. The number of aliphatic hydroxyl groups excluding tert-OH is 1. The standard InChI is InChI=1S/C20H31N3O3.HI/c1-3-21-20(23-11-10-16(24)14-23)22-13-15-8-9-18(25-2)19(12-15)26-17-6-4-5-7-17;/h8-9,12,16-17,24H,3-7,10-11,13-14H2,1-2H3,(H,21,22);1H/t16-;/m1./s1. The Balaban J connectivity index is 0.00000261. The van der Waals surface area contributed by atoms with Crippen molar-refractivity contribution >= 4 is 29.9 Å². The molecule has 1 aromatic rings. The smallest absolute Gasteiger partial charge is 0.194 e. The molecule has 6 nitrogen and oxygen atoms in total. The molecule has 1 saturated carbocycles. The number of nitrogens with one attached hydrogen (secondary N) is 1. The van der Waals surface area contributed by atoms with Crippen LogP contribution in [-0.2, 0) is 6.54 Å². The molecule has 2 N–H and O–H groups in total. The van der Waals surface area contributed by atoms with E-state index in [0.717, 1.165) is 55.4 Å². The zero-order chi connectivity index (χ0) is 18.4. The van der Waals surface area contributed by atoms with E-state index in [1.54, 1.807) is 7.11 Å². The average molecular weight is 489 g/mol. The van der Waals surface area contributed by atoms with Crippen molar-refractivity contribution in [3.8, 4) is 11.5 Å². The molecule has 1 aliphatic carbocycles. The molecule has 0 spiro atoms. The van der Waals surface area contributed by atoms with Crippen LogP contribution in [0, 0.1) is 0 Å². The summed E-state index contributed by atoms with van der Waals surface area (Å²) in [6.45, 7) is 4.92. The monoisotopic (exact) mass is 489 g/mol. The maximum atomic E-state index is 9.78. The number of ether oxygens (including phenoxy) is 2. The number of hydrogen-bond acceptors (Lipinski definition) is 4. The number of halogens is 1. The summed E-state index contributed by atoms with van der Waals surface area (Å²) in [5.74, 6) is 2.45. The fourth-order valence-corrected chi connectivity index (χ4v) is 3.62. The lowest BCUT2D eigenvalue weighted by atomic mass is 10.2. The van der Waals surface area contributed by atoms with Crippen LogP contribution in [0.15, 0.2) is 23.2 Å². The molecule has 1 saturated heterocycles. The van der Waals surface area contributed by atoms with Crippen LogP contribution in [-0.4, -0.2) is 54.9 Å². The van der Waals surface area contributed by atoms with Crippen LogP contribution in [0.2, 0.25) is 0 Å². The van der Waals surface area contributed by atoms with Gasteiger partial charge in [-0.05, 0) is 56.7 Å². The van der Waals surface area contributed by atoms with Gasteiger partial charge < -0.3 is 24.8 Å². The van der Waals surface area contributed by atoms with Crippen molar-refractivity contribution in [2.75, 3.05) is 26.7 Å². The largest absolute Gasteiger partial charge is 0.493 e. The first kappa shape index (κ1) is 22.1. The fraction of sp³-hybridized carbons (Fsp3) is 0.650. The lowest BCUT2D eigenvalue weighted by molar-refractivity contribution is 0.188. The number of benzene rings is 1. The summed E-state index contributed by atoms with van der Waals surface area (Å²) in [6.07, 6.45) is 5.56. The van der Waals surface area contributed by atoms with Crippen LogP contribution in [0.1, 0.15) is 44.6 Å². The molecule has 0 radical (unpaired) electrons. The number of β-amino-alcohol motifs (C(OH)–C–C–N with tert-alkyl or cyclic N) is 1. The first-order valence-electron chi connectivity index (χ1n) is 9.74. The third-order valence-corrected chi connectivity index (χ3v) is 5.03. The van der Waals surface area contributed by atoms with E-state index in [1.165, 1.54) is 12.8 Å². The maximum Gasteiger partial charge on any atom is 0.194 e. The van der Waals surface area contributed by atoms with Gasteiger partial charge in [0.2, 0.25) is 0 Å². The molecule has 0 amide bonds. The molecule has 2 fully saturated rings. The Morgan fingerprint density at radius 1 is 1.26 bits per heavy atom. The summed E-state index contributed by atoms with van der Waals surface area (Å²) in [4.78, 5) is 6.87. The van der Waals surface area contributed by atoms with Gasteiger partial charge in [-0.1, -0.05) is 6.07 Å². The number of aliphatic imine (C=N–C) groups is 1. The van der Waals surface area contributed by atoms with E-state index in [-0.39, 0.29) is 30.1 Å². The third kappa shape index (κ3) is 6.14. The predicted octanol–water partition coefficient (Wildman–Crippen LogP) is 3.17. The average Bonchev–Trinajstić information content (AvgIpc) is 3.30. The van der Waals surface area contributed by atoms with Crippen molar-refractivity contribution in [3.05, 3.63) is 23.8 Å². The van der Waals surface area contributed by atoms with Crippen molar-refractivity contribution in [1.82, 2.24) is 10.2 Å². The number of rotatable bonds is 6. The highest BCUT2D eigenvalue weighted by molar-refractivity contribution is 14.0. The van der Waals surface area contributed by atoms with Crippen LogP contribution < -0.4 is 14.8 Å². The normalized spacial score (nSPS) is 20.5. The molecule has 7 heteroatoms. The second-order valence-corrected chi connectivity index (χ2v) is 7.07. The summed E-state index contributed by atoms with van der Waals surface area (Å²) in [7, 11) is 1.68. The van der Waals surface area contributed by atoms with Gasteiger partial charge in [0.25, 0.3) is 0 Å². The van der Waals surface area contributed by atoms with E-state index in [2.05, 4.69) is 17.1 Å². The van der Waals surface area contributed by atoms with Crippen molar-refractivity contribution in [2.24, 2.45) is 4.99 Å². The number of likely N-dealkylation sites (tertiary alicyclic amines) is 1. The molecule has 152 valence electrons.